The Hall–Kier alpha value is -0.0800. The Morgan fingerprint density at radius 1 is 1.00 bits per heavy atom. The van der Waals surface area contributed by atoms with E-state index in [1.807, 2.05) is 0 Å². The highest BCUT2D eigenvalue weighted by molar-refractivity contribution is 4.92. The van der Waals surface area contributed by atoms with Gasteiger partial charge in [-0.25, -0.2) is 0 Å². The first-order valence-electron chi connectivity index (χ1n) is 7.86. The second-order valence-corrected chi connectivity index (χ2v) is 5.81. The van der Waals surface area contributed by atoms with Crippen LogP contribution in [0.5, 0.6) is 0 Å². The zero-order valence-electron chi connectivity index (χ0n) is 11.8. The van der Waals surface area contributed by atoms with Crippen LogP contribution in [0.4, 0.5) is 0 Å². The third-order valence-electron chi connectivity index (χ3n) is 4.77. The Kier molecular flexibility index (Phi) is 5.30. The first kappa shape index (κ1) is 13.4. The van der Waals surface area contributed by atoms with Gasteiger partial charge in [-0.1, -0.05) is 33.1 Å². The highest BCUT2D eigenvalue weighted by Crippen LogP contribution is 2.29. The average molecular weight is 238 g/mol. The summed E-state index contributed by atoms with van der Waals surface area (Å²) >= 11 is 0. The lowest BCUT2D eigenvalue weighted by Gasteiger charge is -2.46. The van der Waals surface area contributed by atoms with E-state index in [1.54, 1.807) is 0 Å². The minimum Gasteiger partial charge on any atom is -0.313 e. The fourth-order valence-electron chi connectivity index (χ4n) is 3.91. The highest BCUT2D eigenvalue weighted by Gasteiger charge is 2.33. The van der Waals surface area contributed by atoms with Crippen molar-refractivity contribution in [3.8, 4) is 0 Å². The molecule has 2 nitrogen and oxygen atoms in total. The summed E-state index contributed by atoms with van der Waals surface area (Å²) in [5.74, 6) is 0. The minimum atomic E-state index is 0.765. The molecular weight excluding hydrogens is 208 g/mol. The molecule has 1 aliphatic heterocycles. The highest BCUT2D eigenvalue weighted by atomic mass is 15.2. The first-order valence-corrected chi connectivity index (χ1v) is 7.86. The smallest absolute Gasteiger partial charge is 0.0252 e. The van der Waals surface area contributed by atoms with Gasteiger partial charge in [0.2, 0.25) is 0 Å². The lowest BCUT2D eigenvalue weighted by atomic mass is 9.86. The van der Waals surface area contributed by atoms with Crippen LogP contribution in [-0.4, -0.2) is 36.1 Å². The summed E-state index contributed by atoms with van der Waals surface area (Å²) in [6.45, 7) is 7.10. The lowest BCUT2D eigenvalue weighted by molar-refractivity contribution is 0.0505. The van der Waals surface area contributed by atoms with Gasteiger partial charge in [0.1, 0.15) is 0 Å². The largest absolute Gasteiger partial charge is 0.313 e. The van der Waals surface area contributed by atoms with Gasteiger partial charge in [-0.2, -0.15) is 0 Å². The van der Waals surface area contributed by atoms with Gasteiger partial charge in [-0.15, -0.1) is 0 Å². The zero-order valence-corrected chi connectivity index (χ0v) is 11.8. The number of rotatable bonds is 4. The quantitative estimate of drug-likeness (QED) is 0.809. The van der Waals surface area contributed by atoms with Gasteiger partial charge < -0.3 is 5.32 Å². The molecule has 2 aliphatic rings. The van der Waals surface area contributed by atoms with Gasteiger partial charge >= 0.3 is 0 Å². The summed E-state index contributed by atoms with van der Waals surface area (Å²) in [6, 6.07) is 2.46. The maximum Gasteiger partial charge on any atom is 0.0252 e. The second kappa shape index (κ2) is 6.75. The number of nitrogens with one attached hydrogen (secondary N) is 1. The summed E-state index contributed by atoms with van der Waals surface area (Å²) in [5, 5.41) is 3.73. The standard InChI is InChI=1S/C15H30N2/c1-3-13-9-7-8-12-17(13)15-11-6-5-10-14(15)16-4-2/h13-16H,3-12H2,1-2H3. The minimum absolute atomic E-state index is 0.765. The SMILES string of the molecule is CCNC1CCCCC1N1CCCCC1CC. The first-order chi connectivity index (χ1) is 8.36. The molecule has 2 heteroatoms. The van der Waals surface area contributed by atoms with Crippen molar-refractivity contribution >= 4 is 0 Å². The molecule has 17 heavy (non-hydrogen) atoms. The molecule has 0 amide bonds. The van der Waals surface area contributed by atoms with Crippen molar-refractivity contribution in [1.82, 2.24) is 10.2 Å². The fraction of sp³-hybridized carbons (Fsp3) is 1.00. The van der Waals surface area contributed by atoms with Crippen molar-refractivity contribution in [3.05, 3.63) is 0 Å². The number of nitrogens with zero attached hydrogens (tertiary/aromatic N) is 1. The molecule has 1 N–H and O–H groups in total. The zero-order chi connectivity index (χ0) is 12.1. The molecule has 1 saturated heterocycles. The third-order valence-corrected chi connectivity index (χ3v) is 4.77. The molecule has 0 spiro atoms. The normalized spacial score (nSPS) is 36.0. The van der Waals surface area contributed by atoms with Crippen LogP contribution >= 0.6 is 0 Å². The summed E-state index contributed by atoms with van der Waals surface area (Å²) in [5.41, 5.74) is 0. The van der Waals surface area contributed by atoms with Crippen LogP contribution in [-0.2, 0) is 0 Å². The molecule has 1 aliphatic carbocycles. The molecule has 0 aromatic heterocycles. The van der Waals surface area contributed by atoms with Gasteiger partial charge in [0.15, 0.2) is 0 Å². The number of likely N-dealkylation sites (N-methyl/N-ethyl adjacent to an activating group) is 1. The van der Waals surface area contributed by atoms with Crippen LogP contribution < -0.4 is 5.32 Å². The predicted octanol–water partition coefficient (Wildman–Crippen LogP) is 3.17. The topological polar surface area (TPSA) is 15.3 Å². The van der Waals surface area contributed by atoms with Crippen LogP contribution in [0.25, 0.3) is 0 Å². The molecule has 2 fully saturated rings. The van der Waals surface area contributed by atoms with Crippen LogP contribution in [0.3, 0.4) is 0 Å². The van der Waals surface area contributed by atoms with Gasteiger partial charge in [-0.3, -0.25) is 4.90 Å². The van der Waals surface area contributed by atoms with Crippen molar-refractivity contribution in [2.24, 2.45) is 0 Å². The van der Waals surface area contributed by atoms with Crippen LogP contribution in [0.15, 0.2) is 0 Å². The molecule has 0 radical (unpaired) electrons. The maximum absolute atomic E-state index is 3.73. The monoisotopic (exact) mass is 238 g/mol. The van der Waals surface area contributed by atoms with Crippen molar-refractivity contribution in [2.45, 2.75) is 83.3 Å². The Morgan fingerprint density at radius 3 is 2.53 bits per heavy atom. The van der Waals surface area contributed by atoms with Gasteiger partial charge in [0.25, 0.3) is 0 Å². The van der Waals surface area contributed by atoms with E-state index in [2.05, 4.69) is 24.1 Å². The molecule has 1 saturated carbocycles. The number of likely N-dealkylation sites (tertiary alicyclic amines) is 1. The van der Waals surface area contributed by atoms with Gasteiger partial charge in [0.05, 0.1) is 0 Å². The van der Waals surface area contributed by atoms with E-state index in [1.165, 1.54) is 57.9 Å². The van der Waals surface area contributed by atoms with E-state index in [0.717, 1.165) is 24.7 Å². The van der Waals surface area contributed by atoms with E-state index in [0.29, 0.717) is 0 Å². The Morgan fingerprint density at radius 2 is 1.76 bits per heavy atom. The molecule has 2 rings (SSSR count). The fourth-order valence-corrected chi connectivity index (χ4v) is 3.91. The van der Waals surface area contributed by atoms with Crippen molar-refractivity contribution in [1.29, 1.82) is 0 Å². The van der Waals surface area contributed by atoms with Gasteiger partial charge in [-0.05, 0) is 45.2 Å². The summed E-state index contributed by atoms with van der Waals surface area (Å²) in [4.78, 5) is 2.86. The molecule has 0 aromatic carbocycles. The third kappa shape index (κ3) is 3.23. The Balaban J connectivity index is 2.00. The molecule has 3 unspecified atom stereocenters. The van der Waals surface area contributed by atoms with E-state index in [9.17, 15) is 0 Å². The van der Waals surface area contributed by atoms with E-state index >= 15 is 0 Å². The average Bonchev–Trinajstić information content (AvgIpc) is 2.40. The van der Waals surface area contributed by atoms with Crippen molar-refractivity contribution < 1.29 is 0 Å². The van der Waals surface area contributed by atoms with Crippen molar-refractivity contribution in [2.75, 3.05) is 13.1 Å². The van der Waals surface area contributed by atoms with Gasteiger partial charge in [0, 0.05) is 18.1 Å². The molecular formula is C15H30N2. The maximum atomic E-state index is 3.73. The summed E-state index contributed by atoms with van der Waals surface area (Å²) < 4.78 is 0. The van der Waals surface area contributed by atoms with E-state index < -0.39 is 0 Å². The number of hydrogen-bond acceptors (Lipinski definition) is 2. The van der Waals surface area contributed by atoms with E-state index in [4.69, 9.17) is 0 Å². The molecule has 100 valence electrons. The molecule has 3 atom stereocenters. The Bertz CT molecular complexity index is 215. The van der Waals surface area contributed by atoms with Crippen LogP contribution in [0.1, 0.15) is 65.2 Å². The molecule has 1 heterocycles. The van der Waals surface area contributed by atoms with Crippen molar-refractivity contribution in [3.63, 3.8) is 0 Å². The van der Waals surface area contributed by atoms with Crippen LogP contribution in [0.2, 0.25) is 0 Å². The molecule has 0 bridgehead atoms. The number of hydrogen-bond donors (Lipinski definition) is 1. The second-order valence-electron chi connectivity index (χ2n) is 5.81. The predicted molar refractivity (Wildman–Crippen MR) is 74.4 cm³/mol. The summed E-state index contributed by atoms with van der Waals surface area (Å²) in [6.07, 6.45) is 11.3. The van der Waals surface area contributed by atoms with E-state index in [-0.39, 0.29) is 0 Å². The lowest BCUT2D eigenvalue weighted by Crippen LogP contribution is -2.56. The Labute approximate surface area is 107 Å². The number of piperidine rings is 1. The van der Waals surface area contributed by atoms with Crippen LogP contribution in [0, 0.1) is 0 Å². The summed E-state index contributed by atoms with van der Waals surface area (Å²) in [7, 11) is 0. The molecule has 0 aromatic rings.